The molecule has 20 heavy (non-hydrogen) atoms. The molecule has 1 atom stereocenters. The number of benzene rings is 1. The highest BCUT2D eigenvalue weighted by molar-refractivity contribution is 7.14. The second-order valence-corrected chi connectivity index (χ2v) is 5.22. The first kappa shape index (κ1) is 14.5. The maximum atomic E-state index is 11.7. The molecule has 1 heterocycles. The monoisotopic (exact) mass is 291 g/mol. The van der Waals surface area contributed by atoms with E-state index in [1.54, 1.807) is 7.11 Å². The van der Waals surface area contributed by atoms with Crippen LogP contribution in [0.15, 0.2) is 35.7 Å². The van der Waals surface area contributed by atoms with Crippen LogP contribution in [-0.4, -0.2) is 30.8 Å². The molecule has 0 bridgehead atoms. The molecule has 0 aliphatic rings. The summed E-state index contributed by atoms with van der Waals surface area (Å²) >= 11 is 1.40. The van der Waals surface area contributed by atoms with Gasteiger partial charge in [-0.15, -0.1) is 11.3 Å². The van der Waals surface area contributed by atoms with Crippen molar-refractivity contribution >= 4 is 22.5 Å². The minimum absolute atomic E-state index is 0.0476. The number of nitrogens with zero attached hydrogens (tertiary/aromatic N) is 1. The maximum absolute atomic E-state index is 11.7. The van der Waals surface area contributed by atoms with Crippen molar-refractivity contribution in [2.45, 2.75) is 13.0 Å². The molecule has 2 aromatic rings. The van der Waals surface area contributed by atoms with Crippen LogP contribution in [0.3, 0.4) is 0 Å². The van der Waals surface area contributed by atoms with Gasteiger partial charge in [0.05, 0.1) is 18.3 Å². The number of ether oxygens (including phenoxy) is 1. The molecule has 6 heteroatoms. The summed E-state index contributed by atoms with van der Waals surface area (Å²) in [5.41, 5.74) is 1.89. The highest BCUT2D eigenvalue weighted by Crippen LogP contribution is 2.24. The number of hydrogen-bond donors (Lipinski definition) is 2. The predicted molar refractivity (Wildman–Crippen MR) is 81.0 cm³/mol. The minimum atomic E-state index is -0.275. The fraction of sp³-hybridized carbons (Fsp3) is 0.286. The Hall–Kier alpha value is -1.92. The first-order valence-corrected chi connectivity index (χ1v) is 7.14. The van der Waals surface area contributed by atoms with Crippen LogP contribution in [0.4, 0.5) is 9.93 Å². The number of carbonyl (C=O) groups excluding carboxylic acids is 1. The summed E-state index contributed by atoms with van der Waals surface area (Å²) in [4.78, 5) is 16.1. The van der Waals surface area contributed by atoms with Gasteiger partial charge in [0.1, 0.15) is 0 Å². The van der Waals surface area contributed by atoms with E-state index in [-0.39, 0.29) is 12.1 Å². The average molecular weight is 291 g/mol. The number of hydrogen-bond acceptors (Lipinski definition) is 4. The number of thiazole rings is 1. The van der Waals surface area contributed by atoms with Crippen molar-refractivity contribution in [2.24, 2.45) is 0 Å². The van der Waals surface area contributed by atoms with E-state index in [0.29, 0.717) is 11.7 Å². The molecule has 0 fully saturated rings. The molecule has 0 spiro atoms. The predicted octanol–water partition coefficient (Wildman–Crippen LogP) is 2.97. The van der Waals surface area contributed by atoms with Crippen LogP contribution in [0.2, 0.25) is 0 Å². The van der Waals surface area contributed by atoms with Gasteiger partial charge in [-0.3, -0.25) is 5.32 Å². The van der Waals surface area contributed by atoms with E-state index >= 15 is 0 Å². The maximum Gasteiger partial charge on any atom is 0.321 e. The fourth-order valence-corrected chi connectivity index (χ4v) is 2.44. The standard InChI is InChI=1S/C14H17N3O2S/c1-10(8-19-2)15-13(18)17-14-16-12(9-20-14)11-6-4-3-5-7-11/h3-7,9-10H,8H2,1-2H3,(H2,15,16,17,18). The van der Waals surface area contributed by atoms with Crippen LogP contribution < -0.4 is 10.6 Å². The quantitative estimate of drug-likeness (QED) is 0.890. The molecule has 2 N–H and O–H groups in total. The van der Waals surface area contributed by atoms with E-state index in [1.165, 1.54) is 11.3 Å². The van der Waals surface area contributed by atoms with Crippen molar-refractivity contribution in [1.82, 2.24) is 10.3 Å². The molecule has 0 saturated heterocycles. The number of rotatable bonds is 5. The van der Waals surface area contributed by atoms with E-state index in [4.69, 9.17) is 4.74 Å². The van der Waals surface area contributed by atoms with Gasteiger partial charge in [0.2, 0.25) is 0 Å². The number of methoxy groups -OCH3 is 1. The zero-order chi connectivity index (χ0) is 14.4. The SMILES string of the molecule is COCC(C)NC(=O)Nc1nc(-c2ccccc2)cs1. The summed E-state index contributed by atoms with van der Waals surface area (Å²) in [6, 6.07) is 9.53. The summed E-state index contributed by atoms with van der Waals surface area (Å²) < 4.78 is 4.96. The fourth-order valence-electron chi connectivity index (χ4n) is 1.72. The van der Waals surface area contributed by atoms with E-state index < -0.39 is 0 Å². The highest BCUT2D eigenvalue weighted by atomic mass is 32.1. The van der Waals surface area contributed by atoms with Crippen molar-refractivity contribution < 1.29 is 9.53 Å². The van der Waals surface area contributed by atoms with Crippen molar-refractivity contribution in [3.63, 3.8) is 0 Å². The van der Waals surface area contributed by atoms with Crippen LogP contribution in [0.1, 0.15) is 6.92 Å². The average Bonchev–Trinajstić information content (AvgIpc) is 2.88. The molecule has 2 amide bonds. The van der Waals surface area contributed by atoms with Crippen LogP contribution in [0, 0.1) is 0 Å². The van der Waals surface area contributed by atoms with Crippen molar-refractivity contribution in [3.05, 3.63) is 35.7 Å². The first-order valence-electron chi connectivity index (χ1n) is 6.26. The number of urea groups is 1. The molecular weight excluding hydrogens is 274 g/mol. The Morgan fingerprint density at radius 3 is 2.85 bits per heavy atom. The Morgan fingerprint density at radius 2 is 2.15 bits per heavy atom. The van der Waals surface area contributed by atoms with Gasteiger partial charge in [-0.1, -0.05) is 30.3 Å². The molecule has 106 valence electrons. The summed E-state index contributed by atoms with van der Waals surface area (Å²) in [6.07, 6.45) is 0. The number of amides is 2. The number of anilines is 1. The summed E-state index contributed by atoms with van der Waals surface area (Å²) in [6.45, 7) is 2.35. The largest absolute Gasteiger partial charge is 0.383 e. The van der Waals surface area contributed by atoms with Crippen LogP contribution >= 0.6 is 11.3 Å². The molecule has 5 nitrogen and oxygen atoms in total. The van der Waals surface area contributed by atoms with Gasteiger partial charge in [-0.2, -0.15) is 0 Å². The van der Waals surface area contributed by atoms with Gasteiger partial charge >= 0.3 is 6.03 Å². The van der Waals surface area contributed by atoms with E-state index in [2.05, 4.69) is 15.6 Å². The molecule has 1 unspecified atom stereocenters. The molecule has 0 aliphatic carbocycles. The molecule has 1 aromatic heterocycles. The smallest absolute Gasteiger partial charge is 0.321 e. The van der Waals surface area contributed by atoms with E-state index in [9.17, 15) is 4.79 Å². The van der Waals surface area contributed by atoms with Crippen LogP contribution in [0.25, 0.3) is 11.3 Å². The lowest BCUT2D eigenvalue weighted by Gasteiger charge is -2.12. The van der Waals surface area contributed by atoms with Crippen LogP contribution in [-0.2, 0) is 4.74 Å². The molecule has 0 radical (unpaired) electrons. The summed E-state index contributed by atoms with van der Waals surface area (Å²) in [5.74, 6) is 0. The van der Waals surface area contributed by atoms with E-state index in [1.807, 2.05) is 42.6 Å². The Kier molecular flexibility index (Phi) is 5.09. The highest BCUT2D eigenvalue weighted by Gasteiger charge is 2.10. The Labute approximate surface area is 122 Å². The molecule has 0 saturated carbocycles. The molecule has 1 aromatic carbocycles. The van der Waals surface area contributed by atoms with Gasteiger partial charge in [0.15, 0.2) is 5.13 Å². The third-order valence-electron chi connectivity index (χ3n) is 2.59. The summed E-state index contributed by atoms with van der Waals surface area (Å²) in [7, 11) is 1.60. The van der Waals surface area contributed by atoms with Gasteiger partial charge in [0, 0.05) is 18.1 Å². The van der Waals surface area contributed by atoms with Crippen molar-refractivity contribution in [1.29, 1.82) is 0 Å². The second-order valence-electron chi connectivity index (χ2n) is 4.36. The number of aromatic nitrogens is 1. The van der Waals surface area contributed by atoms with Crippen LogP contribution in [0.5, 0.6) is 0 Å². The zero-order valence-corrected chi connectivity index (χ0v) is 12.2. The normalized spacial score (nSPS) is 11.9. The zero-order valence-electron chi connectivity index (χ0n) is 11.4. The van der Waals surface area contributed by atoms with Crippen molar-refractivity contribution in [2.75, 3.05) is 19.0 Å². The Balaban J connectivity index is 1.95. The third kappa shape index (κ3) is 4.04. The van der Waals surface area contributed by atoms with Gasteiger partial charge in [-0.25, -0.2) is 9.78 Å². The van der Waals surface area contributed by atoms with E-state index in [0.717, 1.165) is 11.3 Å². The molecule has 0 aliphatic heterocycles. The van der Waals surface area contributed by atoms with Crippen molar-refractivity contribution in [3.8, 4) is 11.3 Å². The Bertz CT molecular complexity index is 557. The van der Waals surface area contributed by atoms with Gasteiger partial charge < -0.3 is 10.1 Å². The third-order valence-corrected chi connectivity index (χ3v) is 3.35. The molecular formula is C14H17N3O2S. The summed E-state index contributed by atoms with van der Waals surface area (Å²) in [5, 5.41) is 7.99. The van der Waals surface area contributed by atoms with Gasteiger partial charge in [-0.05, 0) is 6.92 Å². The van der Waals surface area contributed by atoms with Gasteiger partial charge in [0.25, 0.3) is 0 Å². The first-order chi connectivity index (χ1) is 9.69. The lowest BCUT2D eigenvalue weighted by atomic mass is 10.2. The lowest BCUT2D eigenvalue weighted by Crippen LogP contribution is -2.38. The number of nitrogens with one attached hydrogen (secondary N) is 2. The molecule has 2 rings (SSSR count). The second kappa shape index (κ2) is 7.02. The Morgan fingerprint density at radius 1 is 1.40 bits per heavy atom. The number of carbonyl (C=O) groups is 1. The lowest BCUT2D eigenvalue weighted by molar-refractivity contribution is 0.173. The topological polar surface area (TPSA) is 63.2 Å². The minimum Gasteiger partial charge on any atom is -0.383 e.